The summed E-state index contributed by atoms with van der Waals surface area (Å²) >= 11 is 0. The predicted molar refractivity (Wildman–Crippen MR) is 116 cm³/mol. The second-order valence-electron chi connectivity index (χ2n) is 8.81. The van der Waals surface area contributed by atoms with Crippen molar-refractivity contribution < 1.29 is 4.52 Å². The maximum atomic E-state index is 5.35. The first-order valence-corrected chi connectivity index (χ1v) is 10.4. The van der Waals surface area contributed by atoms with Gasteiger partial charge in [0.2, 0.25) is 5.89 Å². The van der Waals surface area contributed by atoms with Gasteiger partial charge in [-0.1, -0.05) is 50.2 Å². The zero-order chi connectivity index (χ0) is 20.9. The number of nitrogens with zero attached hydrogens (tertiary/aromatic N) is 4. The number of piperidine rings is 1. The molecule has 0 spiro atoms. The molecule has 1 aliphatic rings. The van der Waals surface area contributed by atoms with E-state index in [2.05, 4.69) is 82.6 Å². The number of benzene rings is 1. The highest BCUT2D eigenvalue weighted by Gasteiger charge is 2.23. The molecule has 1 saturated heterocycles. The molecule has 0 amide bonds. The number of hydrogen-bond donors (Lipinski definition) is 2. The summed E-state index contributed by atoms with van der Waals surface area (Å²) in [6.45, 7) is 12.1. The number of aliphatic imine (C=N–C) groups is 1. The Balaban J connectivity index is 1.44. The van der Waals surface area contributed by atoms with Crippen molar-refractivity contribution in [3.8, 4) is 0 Å². The first-order valence-electron chi connectivity index (χ1n) is 10.4. The van der Waals surface area contributed by atoms with Crippen LogP contribution in [0.2, 0.25) is 0 Å². The van der Waals surface area contributed by atoms with Gasteiger partial charge in [0.05, 0.1) is 6.54 Å². The van der Waals surface area contributed by atoms with Gasteiger partial charge in [-0.2, -0.15) is 4.98 Å². The third-order valence-corrected chi connectivity index (χ3v) is 5.33. The first kappa shape index (κ1) is 21.3. The van der Waals surface area contributed by atoms with Crippen molar-refractivity contribution in [2.75, 3.05) is 20.1 Å². The fourth-order valence-electron chi connectivity index (χ4n) is 3.44. The summed E-state index contributed by atoms with van der Waals surface area (Å²) < 4.78 is 5.35. The molecule has 0 saturated carbocycles. The van der Waals surface area contributed by atoms with Crippen LogP contribution in [0.25, 0.3) is 0 Å². The lowest BCUT2D eigenvalue weighted by atomic mass is 9.97. The Morgan fingerprint density at radius 3 is 2.59 bits per heavy atom. The molecule has 2 heterocycles. The predicted octanol–water partition coefficient (Wildman–Crippen LogP) is 3.01. The Bertz CT molecular complexity index is 815. The second kappa shape index (κ2) is 9.39. The molecule has 0 unspecified atom stereocenters. The van der Waals surface area contributed by atoms with Gasteiger partial charge in [-0.25, -0.2) is 0 Å². The lowest BCUT2D eigenvalue weighted by molar-refractivity contribution is 0.198. The lowest BCUT2D eigenvalue weighted by Gasteiger charge is -2.33. The van der Waals surface area contributed by atoms with Crippen molar-refractivity contribution in [1.82, 2.24) is 25.7 Å². The molecular formula is C22H34N6O. The minimum absolute atomic E-state index is 0.141. The van der Waals surface area contributed by atoms with Gasteiger partial charge >= 0.3 is 0 Å². The molecule has 0 atom stereocenters. The molecule has 0 bridgehead atoms. The van der Waals surface area contributed by atoms with E-state index in [1.54, 1.807) is 7.05 Å². The van der Waals surface area contributed by atoms with Gasteiger partial charge in [-0.05, 0) is 30.9 Å². The maximum absolute atomic E-state index is 5.35. The normalized spacial score (nSPS) is 16.8. The van der Waals surface area contributed by atoms with Crippen molar-refractivity contribution >= 4 is 5.96 Å². The Morgan fingerprint density at radius 2 is 1.97 bits per heavy atom. The molecule has 2 N–H and O–H groups in total. The number of rotatable bonds is 5. The fraction of sp³-hybridized carbons (Fsp3) is 0.591. The molecule has 7 heteroatoms. The Kier molecular flexibility index (Phi) is 6.90. The van der Waals surface area contributed by atoms with Gasteiger partial charge in [0.25, 0.3) is 0 Å². The molecule has 0 aliphatic carbocycles. The molecule has 1 fully saturated rings. The topological polar surface area (TPSA) is 78.6 Å². The zero-order valence-corrected chi connectivity index (χ0v) is 18.3. The third kappa shape index (κ3) is 6.03. The number of likely N-dealkylation sites (tertiary alicyclic amines) is 1. The second-order valence-corrected chi connectivity index (χ2v) is 8.81. The lowest BCUT2D eigenvalue weighted by Crippen LogP contribution is -2.48. The van der Waals surface area contributed by atoms with Gasteiger partial charge in [0, 0.05) is 38.1 Å². The molecule has 3 rings (SSSR count). The van der Waals surface area contributed by atoms with Crippen LogP contribution in [0.15, 0.2) is 33.8 Å². The van der Waals surface area contributed by atoms with Crippen molar-refractivity contribution in [3.63, 3.8) is 0 Å². The van der Waals surface area contributed by atoms with E-state index in [1.165, 1.54) is 11.1 Å². The Morgan fingerprint density at radius 1 is 1.24 bits per heavy atom. The first-order chi connectivity index (χ1) is 13.8. The highest BCUT2D eigenvalue weighted by atomic mass is 16.5. The summed E-state index contributed by atoms with van der Waals surface area (Å²) in [4.78, 5) is 11.3. The van der Waals surface area contributed by atoms with Crippen LogP contribution in [-0.2, 0) is 18.5 Å². The van der Waals surface area contributed by atoms with Crippen LogP contribution in [0.5, 0.6) is 0 Å². The van der Waals surface area contributed by atoms with E-state index in [1.807, 2.05) is 0 Å². The minimum Gasteiger partial charge on any atom is -0.354 e. The van der Waals surface area contributed by atoms with Crippen LogP contribution >= 0.6 is 0 Å². The van der Waals surface area contributed by atoms with E-state index >= 15 is 0 Å². The molecule has 158 valence electrons. The highest BCUT2D eigenvalue weighted by Crippen LogP contribution is 2.19. The fourth-order valence-corrected chi connectivity index (χ4v) is 3.44. The SMILES string of the molecule is CN=C(NCc1noc(C(C)(C)C)n1)NC1CCN(Cc2ccccc2C)CC1. The van der Waals surface area contributed by atoms with Crippen LogP contribution in [-0.4, -0.2) is 47.2 Å². The molecule has 29 heavy (non-hydrogen) atoms. The highest BCUT2D eigenvalue weighted by molar-refractivity contribution is 5.79. The summed E-state index contributed by atoms with van der Waals surface area (Å²) in [5, 5.41) is 10.9. The summed E-state index contributed by atoms with van der Waals surface area (Å²) in [7, 11) is 1.79. The molecule has 1 aromatic carbocycles. The van der Waals surface area contributed by atoms with Gasteiger partial charge in [0.15, 0.2) is 11.8 Å². The van der Waals surface area contributed by atoms with Crippen LogP contribution < -0.4 is 10.6 Å². The van der Waals surface area contributed by atoms with Crippen LogP contribution in [0.3, 0.4) is 0 Å². The largest absolute Gasteiger partial charge is 0.354 e. The molecule has 0 radical (unpaired) electrons. The molecule has 1 aromatic heterocycles. The summed E-state index contributed by atoms with van der Waals surface area (Å²) in [5.41, 5.74) is 2.65. The zero-order valence-electron chi connectivity index (χ0n) is 18.3. The van der Waals surface area contributed by atoms with E-state index < -0.39 is 0 Å². The number of guanidine groups is 1. The Labute approximate surface area is 174 Å². The van der Waals surface area contributed by atoms with Crippen LogP contribution in [0.1, 0.15) is 56.5 Å². The van der Waals surface area contributed by atoms with E-state index in [9.17, 15) is 0 Å². The standard InChI is InChI=1S/C22H34N6O/c1-16-8-6-7-9-17(16)15-28-12-10-18(11-13-28)25-21(23-5)24-14-19-26-20(29-27-19)22(2,3)4/h6-9,18H,10-15H2,1-5H3,(H2,23,24,25). The van der Waals surface area contributed by atoms with Crippen molar-refractivity contribution in [2.24, 2.45) is 4.99 Å². The molecule has 1 aliphatic heterocycles. The molecule has 2 aromatic rings. The monoisotopic (exact) mass is 398 g/mol. The average Bonchev–Trinajstić information content (AvgIpc) is 3.18. The summed E-state index contributed by atoms with van der Waals surface area (Å²) in [6, 6.07) is 9.07. The van der Waals surface area contributed by atoms with Crippen LogP contribution in [0.4, 0.5) is 0 Å². The van der Waals surface area contributed by atoms with Gasteiger partial charge in [0.1, 0.15) is 0 Å². The van der Waals surface area contributed by atoms with Gasteiger partial charge < -0.3 is 15.2 Å². The third-order valence-electron chi connectivity index (χ3n) is 5.33. The average molecular weight is 399 g/mol. The smallest absolute Gasteiger partial charge is 0.232 e. The van der Waals surface area contributed by atoms with Crippen molar-refractivity contribution in [3.05, 3.63) is 47.1 Å². The van der Waals surface area contributed by atoms with E-state index in [4.69, 9.17) is 4.52 Å². The summed E-state index contributed by atoms with van der Waals surface area (Å²) in [5.74, 6) is 2.08. The van der Waals surface area contributed by atoms with E-state index in [0.717, 1.165) is 38.4 Å². The summed E-state index contributed by atoms with van der Waals surface area (Å²) in [6.07, 6.45) is 2.20. The van der Waals surface area contributed by atoms with E-state index in [-0.39, 0.29) is 5.41 Å². The number of aromatic nitrogens is 2. The number of hydrogen-bond acceptors (Lipinski definition) is 5. The van der Waals surface area contributed by atoms with Gasteiger partial charge in [-0.15, -0.1) is 0 Å². The maximum Gasteiger partial charge on any atom is 0.232 e. The number of aryl methyl sites for hydroxylation is 1. The molecular weight excluding hydrogens is 364 g/mol. The van der Waals surface area contributed by atoms with Crippen LogP contribution in [0, 0.1) is 6.92 Å². The van der Waals surface area contributed by atoms with Crippen molar-refractivity contribution in [1.29, 1.82) is 0 Å². The number of nitrogens with one attached hydrogen (secondary N) is 2. The van der Waals surface area contributed by atoms with E-state index in [0.29, 0.717) is 24.3 Å². The minimum atomic E-state index is -0.141. The van der Waals surface area contributed by atoms with Gasteiger partial charge in [-0.3, -0.25) is 9.89 Å². The molecule has 7 nitrogen and oxygen atoms in total. The Hall–Kier alpha value is -2.41. The van der Waals surface area contributed by atoms with Crippen molar-refractivity contribution in [2.45, 2.75) is 65.1 Å². The quantitative estimate of drug-likeness (QED) is 0.595.